The van der Waals surface area contributed by atoms with Gasteiger partial charge in [-0.15, -0.1) is 0 Å². The summed E-state index contributed by atoms with van der Waals surface area (Å²) in [5, 5.41) is 2.91. The van der Waals surface area contributed by atoms with E-state index in [9.17, 15) is 18.0 Å². The molecule has 2 fully saturated rings. The predicted molar refractivity (Wildman–Crippen MR) is 109 cm³/mol. The fraction of sp³-hybridized carbons (Fsp3) is 0.619. The normalized spacial score (nSPS) is 23.3. The maximum atomic E-state index is 12.8. The van der Waals surface area contributed by atoms with E-state index in [1.807, 2.05) is 0 Å². The first-order valence-corrected chi connectivity index (χ1v) is 11.9. The number of carbonyl (C=O) groups is 2. The third-order valence-corrected chi connectivity index (χ3v) is 7.63. The molecule has 0 atom stereocenters. The number of esters is 1. The highest BCUT2D eigenvalue weighted by Crippen LogP contribution is 2.23. The van der Waals surface area contributed by atoms with Crippen molar-refractivity contribution in [1.29, 1.82) is 0 Å². The fourth-order valence-corrected chi connectivity index (χ4v) is 5.49. The molecule has 0 bridgehead atoms. The molecule has 1 aliphatic heterocycles. The Hall–Kier alpha value is -1.93. The van der Waals surface area contributed by atoms with Crippen LogP contribution in [0.25, 0.3) is 0 Å². The molecule has 1 saturated carbocycles. The van der Waals surface area contributed by atoms with Gasteiger partial charge in [0.25, 0.3) is 5.91 Å². The Morgan fingerprint density at radius 2 is 1.79 bits per heavy atom. The maximum Gasteiger partial charge on any atom is 0.338 e. The van der Waals surface area contributed by atoms with Gasteiger partial charge in [0.05, 0.1) is 10.5 Å². The monoisotopic (exact) mass is 422 g/mol. The van der Waals surface area contributed by atoms with Gasteiger partial charge >= 0.3 is 5.97 Å². The molecule has 29 heavy (non-hydrogen) atoms. The molecular weight excluding hydrogens is 392 g/mol. The van der Waals surface area contributed by atoms with Gasteiger partial charge in [-0.3, -0.25) is 4.79 Å². The quantitative estimate of drug-likeness (QED) is 0.712. The number of amides is 1. The van der Waals surface area contributed by atoms with Crippen molar-refractivity contribution in [2.24, 2.45) is 5.92 Å². The second kappa shape index (κ2) is 9.71. The molecule has 0 radical (unpaired) electrons. The lowest BCUT2D eigenvalue weighted by molar-refractivity contribution is -0.125. The molecule has 1 amide bonds. The lowest BCUT2D eigenvalue weighted by Crippen LogP contribution is -2.39. The highest BCUT2D eigenvalue weighted by molar-refractivity contribution is 7.89. The molecule has 0 aromatic heterocycles. The molecule has 1 aromatic carbocycles. The number of sulfonamides is 1. The highest BCUT2D eigenvalue weighted by Gasteiger charge is 2.27. The molecule has 1 heterocycles. The first kappa shape index (κ1) is 21.8. The van der Waals surface area contributed by atoms with Crippen LogP contribution in [0.3, 0.4) is 0 Å². The number of nitrogens with one attached hydrogen (secondary N) is 1. The summed E-state index contributed by atoms with van der Waals surface area (Å²) in [5.41, 5.74) is 0.127. The van der Waals surface area contributed by atoms with Crippen LogP contribution in [0.1, 0.15) is 62.2 Å². The van der Waals surface area contributed by atoms with E-state index in [0.717, 1.165) is 44.9 Å². The molecule has 1 saturated heterocycles. The minimum absolute atomic E-state index is 0.0784. The van der Waals surface area contributed by atoms with Gasteiger partial charge in [0, 0.05) is 19.1 Å². The first-order valence-electron chi connectivity index (χ1n) is 10.4. The van der Waals surface area contributed by atoms with Crippen molar-refractivity contribution in [3.8, 4) is 0 Å². The first-order chi connectivity index (χ1) is 13.9. The number of nitrogens with zero attached hydrogens (tertiary/aromatic N) is 1. The molecule has 0 unspecified atom stereocenters. The van der Waals surface area contributed by atoms with E-state index in [1.165, 1.54) is 28.6 Å². The van der Waals surface area contributed by atoms with Crippen LogP contribution >= 0.6 is 0 Å². The summed E-state index contributed by atoms with van der Waals surface area (Å²) in [4.78, 5) is 24.5. The summed E-state index contributed by atoms with van der Waals surface area (Å²) in [6, 6.07) is 5.97. The largest absolute Gasteiger partial charge is 0.452 e. The van der Waals surface area contributed by atoms with Gasteiger partial charge in [-0.2, -0.15) is 4.31 Å². The van der Waals surface area contributed by atoms with E-state index < -0.39 is 16.0 Å². The lowest BCUT2D eigenvalue weighted by Gasteiger charge is -2.26. The number of hydrogen-bond donors (Lipinski definition) is 1. The van der Waals surface area contributed by atoms with Crippen molar-refractivity contribution in [3.05, 3.63) is 29.8 Å². The van der Waals surface area contributed by atoms with Gasteiger partial charge in [-0.25, -0.2) is 13.2 Å². The Morgan fingerprint density at radius 3 is 2.48 bits per heavy atom. The SMILES string of the molecule is CC1CCC(NC(=O)COC(=O)c2cccc(S(=O)(=O)N3CCCCC3)c2)CC1. The van der Waals surface area contributed by atoms with Crippen LogP contribution < -0.4 is 5.32 Å². The summed E-state index contributed by atoms with van der Waals surface area (Å²) in [7, 11) is -3.63. The number of rotatable bonds is 6. The minimum Gasteiger partial charge on any atom is -0.452 e. The van der Waals surface area contributed by atoms with E-state index in [1.54, 1.807) is 0 Å². The van der Waals surface area contributed by atoms with Crippen LogP contribution in [0.5, 0.6) is 0 Å². The maximum absolute atomic E-state index is 12.8. The molecular formula is C21H30N2O5S. The Kier molecular flexibility index (Phi) is 7.29. The Labute approximate surface area is 172 Å². The molecule has 1 aliphatic carbocycles. The summed E-state index contributed by atoms with van der Waals surface area (Å²) in [6.07, 6.45) is 6.77. The predicted octanol–water partition coefficient (Wildman–Crippen LogP) is 2.71. The van der Waals surface area contributed by atoms with E-state index in [4.69, 9.17) is 4.74 Å². The molecule has 160 valence electrons. The standard InChI is InChI=1S/C21H30N2O5S/c1-16-8-10-18(11-9-16)22-20(24)15-28-21(25)17-6-5-7-19(14-17)29(26,27)23-12-3-2-4-13-23/h5-7,14,16,18H,2-4,8-13,15H2,1H3,(H,22,24). The van der Waals surface area contributed by atoms with Crippen molar-refractivity contribution in [2.75, 3.05) is 19.7 Å². The Balaban J connectivity index is 1.56. The van der Waals surface area contributed by atoms with Gasteiger partial charge in [0.1, 0.15) is 0 Å². The Morgan fingerprint density at radius 1 is 1.10 bits per heavy atom. The fourth-order valence-electron chi connectivity index (χ4n) is 3.93. The molecule has 3 rings (SSSR count). The summed E-state index contributed by atoms with van der Waals surface area (Å²) in [5.74, 6) is -0.336. The number of carbonyl (C=O) groups excluding carboxylic acids is 2. The number of ether oxygens (including phenoxy) is 1. The van der Waals surface area contributed by atoms with E-state index in [0.29, 0.717) is 19.0 Å². The van der Waals surface area contributed by atoms with E-state index >= 15 is 0 Å². The van der Waals surface area contributed by atoms with Crippen LogP contribution in [-0.4, -0.2) is 50.3 Å². The summed E-state index contributed by atoms with van der Waals surface area (Å²) < 4.78 is 32.1. The van der Waals surface area contributed by atoms with Gasteiger partial charge in [0.2, 0.25) is 10.0 Å². The molecule has 1 aromatic rings. The minimum atomic E-state index is -3.63. The molecule has 7 nitrogen and oxygen atoms in total. The van der Waals surface area contributed by atoms with Crippen molar-refractivity contribution in [1.82, 2.24) is 9.62 Å². The molecule has 0 spiro atoms. The van der Waals surface area contributed by atoms with Gasteiger partial charge in [-0.05, 0) is 62.6 Å². The lowest BCUT2D eigenvalue weighted by atomic mass is 9.87. The summed E-state index contributed by atoms with van der Waals surface area (Å²) >= 11 is 0. The average molecular weight is 423 g/mol. The summed E-state index contributed by atoms with van der Waals surface area (Å²) in [6.45, 7) is 2.83. The van der Waals surface area contributed by atoms with Crippen LogP contribution in [0.4, 0.5) is 0 Å². The van der Waals surface area contributed by atoms with Crippen molar-refractivity contribution < 1.29 is 22.7 Å². The van der Waals surface area contributed by atoms with Gasteiger partial charge in [-0.1, -0.05) is 19.4 Å². The van der Waals surface area contributed by atoms with E-state index in [-0.39, 0.29) is 29.0 Å². The molecule has 2 aliphatic rings. The highest BCUT2D eigenvalue weighted by atomic mass is 32.2. The second-order valence-electron chi connectivity index (χ2n) is 8.09. The topological polar surface area (TPSA) is 92.8 Å². The van der Waals surface area contributed by atoms with Crippen LogP contribution in [-0.2, 0) is 19.6 Å². The van der Waals surface area contributed by atoms with Crippen molar-refractivity contribution in [3.63, 3.8) is 0 Å². The number of hydrogen-bond acceptors (Lipinski definition) is 5. The third kappa shape index (κ3) is 5.79. The van der Waals surface area contributed by atoms with Crippen molar-refractivity contribution >= 4 is 21.9 Å². The zero-order valence-electron chi connectivity index (χ0n) is 16.9. The second-order valence-corrected chi connectivity index (χ2v) is 10.0. The molecule has 1 N–H and O–H groups in total. The number of benzene rings is 1. The third-order valence-electron chi connectivity index (χ3n) is 5.74. The van der Waals surface area contributed by atoms with Gasteiger partial charge in [0.15, 0.2) is 6.61 Å². The zero-order valence-corrected chi connectivity index (χ0v) is 17.7. The van der Waals surface area contributed by atoms with Crippen LogP contribution in [0.2, 0.25) is 0 Å². The van der Waals surface area contributed by atoms with Crippen molar-refractivity contribution in [2.45, 2.75) is 62.8 Å². The van der Waals surface area contributed by atoms with Crippen LogP contribution in [0.15, 0.2) is 29.2 Å². The van der Waals surface area contributed by atoms with Gasteiger partial charge < -0.3 is 10.1 Å². The Bertz CT molecular complexity index is 825. The van der Waals surface area contributed by atoms with E-state index in [2.05, 4.69) is 12.2 Å². The smallest absolute Gasteiger partial charge is 0.338 e. The van der Waals surface area contributed by atoms with Crippen LogP contribution in [0, 0.1) is 5.92 Å². The number of piperidine rings is 1. The molecule has 8 heteroatoms. The zero-order chi connectivity index (χ0) is 20.9. The average Bonchev–Trinajstić information content (AvgIpc) is 2.74.